The first kappa shape index (κ1) is 20.4. The van der Waals surface area contributed by atoms with Gasteiger partial charge in [-0.2, -0.15) is 5.26 Å². The van der Waals surface area contributed by atoms with Crippen molar-refractivity contribution in [2.45, 2.75) is 24.0 Å². The van der Waals surface area contributed by atoms with Gasteiger partial charge in [-0.05, 0) is 24.6 Å². The van der Waals surface area contributed by atoms with Crippen molar-refractivity contribution in [3.8, 4) is 24.2 Å². The molecule has 1 amide bonds. The van der Waals surface area contributed by atoms with Gasteiger partial charge in [0.15, 0.2) is 11.4 Å². The van der Waals surface area contributed by atoms with Crippen molar-refractivity contribution in [2.24, 2.45) is 7.05 Å². The summed E-state index contributed by atoms with van der Waals surface area (Å²) >= 11 is 0. The van der Waals surface area contributed by atoms with Gasteiger partial charge < -0.3 is 19.7 Å². The Morgan fingerprint density at radius 3 is 2.90 bits per heavy atom. The minimum Gasteiger partial charge on any atom is -0.488 e. The Bertz CT molecular complexity index is 1170. The van der Waals surface area contributed by atoms with Gasteiger partial charge in [-0.1, -0.05) is 12.0 Å². The molecule has 0 unspecified atom stereocenters. The number of aliphatic hydroxyl groups is 1. The second kappa shape index (κ2) is 7.60. The van der Waals surface area contributed by atoms with Gasteiger partial charge in [0.1, 0.15) is 17.6 Å². The number of benzene rings is 1. The number of nitrogens with one attached hydrogen (secondary N) is 2. The molecule has 3 rings (SSSR count). The third-order valence-corrected chi connectivity index (χ3v) is 5.97. The summed E-state index contributed by atoms with van der Waals surface area (Å²) in [5.41, 5.74) is 1.52. The van der Waals surface area contributed by atoms with E-state index in [2.05, 4.69) is 16.0 Å². The standard InChI is InChI=1S/C19H18N4O5S/c1-4-15(24)14-10-28-18-16(29(26,27)22-14)9-23(3)17(18)19(25)21-13-6-5-11(2)12(7-13)8-20/h1,5-7,9,14-15,22,24H,10H2,2-3H3,(H,21,25)/t14-,15-/m1/s1. The number of terminal acetylenes is 1. The zero-order valence-corrected chi connectivity index (χ0v) is 16.4. The molecular weight excluding hydrogens is 396 g/mol. The molecule has 9 nitrogen and oxygen atoms in total. The molecule has 2 heterocycles. The van der Waals surface area contributed by atoms with Crippen molar-refractivity contribution in [2.75, 3.05) is 11.9 Å². The summed E-state index contributed by atoms with van der Waals surface area (Å²) in [7, 11) is -2.58. The van der Waals surface area contributed by atoms with Crippen LogP contribution in [0, 0.1) is 30.6 Å². The number of aryl methyl sites for hydroxylation is 2. The van der Waals surface area contributed by atoms with Gasteiger partial charge in [-0.3, -0.25) is 4.79 Å². The molecule has 2 atom stereocenters. The topological polar surface area (TPSA) is 133 Å². The Labute approximate surface area is 168 Å². The van der Waals surface area contributed by atoms with Gasteiger partial charge in [0.05, 0.1) is 17.7 Å². The van der Waals surface area contributed by atoms with Crippen LogP contribution in [0.1, 0.15) is 21.6 Å². The molecule has 0 saturated carbocycles. The molecular formula is C19H18N4O5S. The molecule has 1 aromatic carbocycles. The Kier molecular flexibility index (Phi) is 5.36. The normalized spacial score (nSPS) is 18.3. The third kappa shape index (κ3) is 3.82. The van der Waals surface area contributed by atoms with Crippen LogP contribution in [0.4, 0.5) is 5.69 Å². The maximum absolute atomic E-state index is 12.9. The highest BCUT2D eigenvalue weighted by atomic mass is 32.2. The number of sulfonamides is 1. The average Bonchev–Trinajstić information content (AvgIpc) is 2.96. The van der Waals surface area contributed by atoms with Crippen molar-refractivity contribution in [3.63, 3.8) is 0 Å². The van der Waals surface area contributed by atoms with Gasteiger partial charge in [-0.25, -0.2) is 13.1 Å². The number of nitriles is 1. The number of hydrogen-bond donors (Lipinski definition) is 3. The summed E-state index contributed by atoms with van der Waals surface area (Å²) < 4.78 is 34.5. The molecule has 2 aromatic rings. The average molecular weight is 414 g/mol. The molecule has 0 fully saturated rings. The van der Waals surface area contributed by atoms with Gasteiger partial charge >= 0.3 is 0 Å². The number of carbonyl (C=O) groups is 1. The Balaban J connectivity index is 1.97. The van der Waals surface area contributed by atoms with Gasteiger partial charge in [0, 0.05) is 18.9 Å². The lowest BCUT2D eigenvalue weighted by molar-refractivity contribution is 0.101. The van der Waals surface area contributed by atoms with Crippen LogP contribution in [0.3, 0.4) is 0 Å². The number of aliphatic hydroxyl groups excluding tert-OH is 1. The van der Waals surface area contributed by atoms with Crippen molar-refractivity contribution in [1.29, 1.82) is 5.26 Å². The summed E-state index contributed by atoms with van der Waals surface area (Å²) in [6, 6.07) is 5.82. The molecule has 1 aromatic heterocycles. The third-order valence-electron chi connectivity index (χ3n) is 4.49. The molecule has 0 bridgehead atoms. The minimum absolute atomic E-state index is 0.0275. The van der Waals surface area contributed by atoms with Crippen LogP contribution in [0.15, 0.2) is 29.3 Å². The lowest BCUT2D eigenvalue weighted by Crippen LogP contribution is -2.44. The van der Waals surface area contributed by atoms with E-state index in [9.17, 15) is 18.3 Å². The fraction of sp³-hybridized carbons (Fsp3) is 0.263. The number of hydrogen-bond acceptors (Lipinski definition) is 6. The summed E-state index contributed by atoms with van der Waals surface area (Å²) in [6.07, 6.45) is 5.01. The van der Waals surface area contributed by atoms with Crippen LogP contribution in [0.2, 0.25) is 0 Å². The monoisotopic (exact) mass is 414 g/mol. The lowest BCUT2D eigenvalue weighted by atomic mass is 10.1. The number of ether oxygens (including phenoxy) is 1. The SMILES string of the molecule is C#C[C@@H](O)[C@H]1COc2c(cn(C)c2C(=O)Nc2ccc(C)c(C#N)c2)S(=O)(=O)N1. The van der Waals surface area contributed by atoms with Gasteiger partial charge in [-0.15, -0.1) is 6.42 Å². The van der Waals surface area contributed by atoms with Crippen molar-refractivity contribution >= 4 is 21.6 Å². The number of rotatable bonds is 3. The van der Waals surface area contributed by atoms with Gasteiger partial charge in [0.2, 0.25) is 10.0 Å². The van der Waals surface area contributed by atoms with Crippen molar-refractivity contribution in [3.05, 3.63) is 41.2 Å². The van der Waals surface area contributed by atoms with Crippen LogP contribution in [0.5, 0.6) is 5.75 Å². The fourth-order valence-corrected chi connectivity index (χ4v) is 4.34. The maximum atomic E-state index is 12.9. The van der Waals surface area contributed by atoms with E-state index < -0.39 is 28.1 Å². The number of nitrogens with zero attached hydrogens (tertiary/aromatic N) is 2. The first-order valence-electron chi connectivity index (χ1n) is 8.48. The minimum atomic E-state index is -4.08. The molecule has 1 aliphatic heterocycles. The maximum Gasteiger partial charge on any atom is 0.276 e. The smallest absolute Gasteiger partial charge is 0.276 e. The number of aromatic nitrogens is 1. The quantitative estimate of drug-likeness (QED) is 0.626. The molecule has 10 heteroatoms. The van der Waals surface area contributed by atoms with E-state index in [0.717, 1.165) is 5.56 Å². The van der Waals surface area contributed by atoms with Crippen LogP contribution in [-0.2, 0) is 17.1 Å². The largest absolute Gasteiger partial charge is 0.488 e. The zero-order valence-electron chi connectivity index (χ0n) is 15.6. The second-order valence-corrected chi connectivity index (χ2v) is 8.21. The van der Waals surface area contributed by atoms with E-state index in [1.54, 1.807) is 19.1 Å². The molecule has 1 aliphatic rings. The Morgan fingerprint density at radius 1 is 1.52 bits per heavy atom. The fourth-order valence-electron chi connectivity index (χ4n) is 2.92. The van der Waals surface area contributed by atoms with Crippen LogP contribution in [-0.4, -0.2) is 42.8 Å². The first-order valence-corrected chi connectivity index (χ1v) is 9.97. The summed E-state index contributed by atoms with van der Waals surface area (Å²) in [5.74, 6) is 1.29. The number of carbonyl (C=O) groups excluding carboxylic acids is 1. The van der Waals surface area contributed by atoms with Crippen molar-refractivity contribution in [1.82, 2.24) is 9.29 Å². The van der Waals surface area contributed by atoms with Gasteiger partial charge in [0.25, 0.3) is 5.91 Å². The van der Waals surface area contributed by atoms with E-state index in [1.807, 2.05) is 6.07 Å². The van der Waals surface area contributed by atoms with Crippen molar-refractivity contribution < 1.29 is 23.1 Å². The second-order valence-electron chi connectivity index (χ2n) is 6.53. The molecule has 0 saturated heterocycles. The zero-order chi connectivity index (χ0) is 21.3. The number of amides is 1. The van der Waals surface area contributed by atoms with E-state index >= 15 is 0 Å². The predicted molar refractivity (Wildman–Crippen MR) is 104 cm³/mol. The molecule has 3 N–H and O–H groups in total. The van der Waals surface area contributed by atoms with E-state index in [0.29, 0.717) is 11.3 Å². The summed E-state index contributed by atoms with van der Waals surface area (Å²) in [5, 5.41) is 21.6. The van der Waals surface area contributed by atoms with E-state index in [-0.39, 0.29) is 22.9 Å². The predicted octanol–water partition coefficient (Wildman–Crippen LogP) is 0.491. The molecule has 29 heavy (non-hydrogen) atoms. The van der Waals surface area contributed by atoms with Crippen LogP contribution in [0.25, 0.3) is 0 Å². The van der Waals surface area contributed by atoms with E-state index in [1.165, 1.54) is 23.9 Å². The molecule has 0 aliphatic carbocycles. The van der Waals surface area contributed by atoms with Crippen LogP contribution < -0.4 is 14.8 Å². The van der Waals surface area contributed by atoms with Crippen LogP contribution >= 0.6 is 0 Å². The first-order chi connectivity index (χ1) is 13.7. The highest BCUT2D eigenvalue weighted by Crippen LogP contribution is 2.33. The molecule has 0 spiro atoms. The summed E-state index contributed by atoms with van der Waals surface area (Å²) in [4.78, 5) is 12.6. The number of anilines is 1. The molecule has 0 radical (unpaired) electrons. The number of fused-ring (bicyclic) bond motifs is 1. The lowest BCUT2D eigenvalue weighted by Gasteiger charge is -2.17. The highest BCUT2D eigenvalue weighted by Gasteiger charge is 2.36. The Hall–Kier alpha value is -3.31. The highest BCUT2D eigenvalue weighted by molar-refractivity contribution is 7.89. The van der Waals surface area contributed by atoms with E-state index in [4.69, 9.17) is 16.4 Å². The molecule has 150 valence electrons. The Morgan fingerprint density at radius 2 is 2.24 bits per heavy atom. The summed E-state index contributed by atoms with van der Waals surface area (Å²) in [6.45, 7) is 1.51.